The van der Waals surface area contributed by atoms with Crippen LogP contribution in [0.5, 0.6) is 0 Å². The zero-order valence-electron chi connectivity index (χ0n) is 9.78. The molecule has 0 aliphatic heterocycles. The van der Waals surface area contributed by atoms with Gasteiger partial charge in [-0.3, -0.25) is 4.68 Å². The van der Waals surface area contributed by atoms with E-state index in [0.717, 1.165) is 12.1 Å². The minimum absolute atomic E-state index is 0.0946. The summed E-state index contributed by atoms with van der Waals surface area (Å²) in [6.45, 7) is 8.33. The molecule has 0 N–H and O–H groups in total. The first-order valence-corrected chi connectivity index (χ1v) is 5.36. The van der Waals surface area contributed by atoms with Crippen molar-refractivity contribution in [2.75, 3.05) is 0 Å². The Morgan fingerprint density at radius 3 is 2.67 bits per heavy atom. The van der Waals surface area contributed by atoms with Crippen LogP contribution in [0.3, 0.4) is 0 Å². The Balaban J connectivity index is 2.91. The molecule has 0 saturated heterocycles. The monoisotopic (exact) mass is 210 g/mol. The van der Waals surface area contributed by atoms with E-state index in [-0.39, 0.29) is 12.1 Å². The molecular formula is C11H18N2O2. The summed E-state index contributed by atoms with van der Waals surface area (Å²) in [6.07, 6.45) is 0.734. The number of ether oxygens (including phenoxy) is 1. The standard InChI is InChI=1S/C11H18N2O2/c1-5-9-7-10(13(6-2)12-9)11(14)15-8(3)4/h7-8H,5-6H2,1-4H3. The molecule has 1 aromatic heterocycles. The largest absolute Gasteiger partial charge is 0.458 e. The van der Waals surface area contributed by atoms with Crippen LogP contribution in [0.2, 0.25) is 0 Å². The van der Waals surface area contributed by atoms with Crippen molar-refractivity contribution < 1.29 is 9.53 Å². The quantitative estimate of drug-likeness (QED) is 0.714. The molecule has 84 valence electrons. The third-order valence-corrected chi connectivity index (χ3v) is 2.04. The van der Waals surface area contributed by atoms with Gasteiger partial charge in [-0.05, 0) is 33.3 Å². The molecule has 0 radical (unpaired) electrons. The van der Waals surface area contributed by atoms with Crippen molar-refractivity contribution in [3.63, 3.8) is 0 Å². The molecule has 0 amide bonds. The van der Waals surface area contributed by atoms with Gasteiger partial charge in [-0.2, -0.15) is 5.10 Å². The third kappa shape index (κ3) is 2.81. The van der Waals surface area contributed by atoms with Crippen LogP contribution in [-0.4, -0.2) is 21.9 Å². The predicted octanol–water partition coefficient (Wildman–Crippen LogP) is 2.03. The topological polar surface area (TPSA) is 44.1 Å². The number of aromatic nitrogens is 2. The molecule has 0 unspecified atom stereocenters. The van der Waals surface area contributed by atoms with Crippen molar-refractivity contribution in [2.45, 2.75) is 46.8 Å². The van der Waals surface area contributed by atoms with Gasteiger partial charge in [-0.15, -0.1) is 0 Å². The number of hydrogen-bond donors (Lipinski definition) is 0. The van der Waals surface area contributed by atoms with E-state index in [4.69, 9.17) is 4.74 Å². The number of esters is 1. The summed E-state index contributed by atoms with van der Waals surface area (Å²) in [6, 6.07) is 1.80. The SMILES string of the molecule is CCc1cc(C(=O)OC(C)C)n(CC)n1. The summed E-state index contributed by atoms with van der Waals surface area (Å²) >= 11 is 0. The molecule has 1 heterocycles. The summed E-state index contributed by atoms with van der Waals surface area (Å²) in [7, 11) is 0. The molecule has 0 aliphatic rings. The summed E-state index contributed by atoms with van der Waals surface area (Å²) in [4.78, 5) is 11.7. The second kappa shape index (κ2) is 4.96. The van der Waals surface area contributed by atoms with Gasteiger partial charge in [0.2, 0.25) is 0 Å². The highest BCUT2D eigenvalue weighted by atomic mass is 16.5. The molecule has 1 rings (SSSR count). The van der Waals surface area contributed by atoms with Crippen LogP contribution in [0.4, 0.5) is 0 Å². The van der Waals surface area contributed by atoms with Gasteiger partial charge in [-0.1, -0.05) is 6.92 Å². The first-order valence-electron chi connectivity index (χ1n) is 5.36. The molecule has 0 saturated carbocycles. The van der Waals surface area contributed by atoms with Gasteiger partial charge in [-0.25, -0.2) is 4.79 Å². The summed E-state index contributed by atoms with van der Waals surface area (Å²) in [5.41, 5.74) is 1.47. The maximum absolute atomic E-state index is 11.7. The highest BCUT2D eigenvalue weighted by molar-refractivity contribution is 5.87. The van der Waals surface area contributed by atoms with Crippen LogP contribution >= 0.6 is 0 Å². The number of nitrogens with zero attached hydrogens (tertiary/aromatic N) is 2. The van der Waals surface area contributed by atoms with E-state index < -0.39 is 0 Å². The van der Waals surface area contributed by atoms with Crippen LogP contribution < -0.4 is 0 Å². The van der Waals surface area contributed by atoms with Gasteiger partial charge >= 0.3 is 5.97 Å². The van der Waals surface area contributed by atoms with Gasteiger partial charge in [0.1, 0.15) is 5.69 Å². The average molecular weight is 210 g/mol. The van der Waals surface area contributed by atoms with Gasteiger partial charge in [0.15, 0.2) is 0 Å². The minimum Gasteiger partial charge on any atom is -0.458 e. The molecule has 0 atom stereocenters. The van der Waals surface area contributed by atoms with Crippen LogP contribution in [0, 0.1) is 0 Å². The molecule has 4 heteroatoms. The highest BCUT2D eigenvalue weighted by Gasteiger charge is 2.16. The third-order valence-electron chi connectivity index (χ3n) is 2.04. The number of carbonyl (C=O) groups is 1. The van der Waals surface area contributed by atoms with Crippen molar-refractivity contribution in [2.24, 2.45) is 0 Å². The normalized spacial score (nSPS) is 10.7. The Morgan fingerprint density at radius 2 is 2.20 bits per heavy atom. The van der Waals surface area contributed by atoms with E-state index in [2.05, 4.69) is 5.10 Å². The first-order chi connectivity index (χ1) is 7.08. The van der Waals surface area contributed by atoms with Crippen LogP contribution in [0.15, 0.2) is 6.07 Å². The average Bonchev–Trinajstić information content (AvgIpc) is 2.59. The van der Waals surface area contributed by atoms with E-state index in [0.29, 0.717) is 12.2 Å². The van der Waals surface area contributed by atoms with Crippen molar-refractivity contribution in [3.8, 4) is 0 Å². The minimum atomic E-state index is -0.293. The fourth-order valence-corrected chi connectivity index (χ4v) is 1.32. The van der Waals surface area contributed by atoms with Crippen molar-refractivity contribution in [3.05, 3.63) is 17.5 Å². The first kappa shape index (κ1) is 11.8. The number of rotatable bonds is 4. The lowest BCUT2D eigenvalue weighted by molar-refractivity contribution is 0.0363. The molecule has 1 aromatic rings. The lowest BCUT2D eigenvalue weighted by Crippen LogP contribution is -2.16. The number of carbonyl (C=O) groups excluding carboxylic acids is 1. The molecule has 0 aliphatic carbocycles. The second-order valence-electron chi connectivity index (χ2n) is 3.64. The van der Waals surface area contributed by atoms with E-state index in [1.807, 2.05) is 27.7 Å². The number of hydrogen-bond acceptors (Lipinski definition) is 3. The Morgan fingerprint density at radius 1 is 1.53 bits per heavy atom. The maximum Gasteiger partial charge on any atom is 0.356 e. The molecular weight excluding hydrogens is 192 g/mol. The fourth-order valence-electron chi connectivity index (χ4n) is 1.32. The van der Waals surface area contributed by atoms with Crippen LogP contribution in [-0.2, 0) is 17.7 Å². The summed E-state index contributed by atoms with van der Waals surface area (Å²) in [5, 5.41) is 4.29. The van der Waals surface area contributed by atoms with E-state index in [1.165, 1.54) is 0 Å². The molecule has 0 fully saturated rings. The zero-order chi connectivity index (χ0) is 11.4. The molecule has 15 heavy (non-hydrogen) atoms. The van der Waals surface area contributed by atoms with E-state index >= 15 is 0 Å². The van der Waals surface area contributed by atoms with Crippen LogP contribution in [0.25, 0.3) is 0 Å². The summed E-state index contributed by atoms with van der Waals surface area (Å²) < 4.78 is 6.82. The maximum atomic E-state index is 11.7. The lowest BCUT2D eigenvalue weighted by atomic mass is 10.3. The summed E-state index contributed by atoms with van der Waals surface area (Å²) in [5.74, 6) is -0.293. The molecule has 0 bridgehead atoms. The van der Waals surface area contributed by atoms with Gasteiger partial charge < -0.3 is 4.74 Å². The lowest BCUT2D eigenvalue weighted by Gasteiger charge is -2.08. The fraction of sp³-hybridized carbons (Fsp3) is 0.636. The second-order valence-corrected chi connectivity index (χ2v) is 3.64. The Kier molecular flexibility index (Phi) is 3.88. The Hall–Kier alpha value is -1.32. The Bertz CT molecular complexity index is 342. The smallest absolute Gasteiger partial charge is 0.356 e. The highest BCUT2D eigenvalue weighted by Crippen LogP contribution is 2.08. The number of aryl methyl sites for hydroxylation is 2. The van der Waals surface area contributed by atoms with Gasteiger partial charge in [0.25, 0.3) is 0 Å². The van der Waals surface area contributed by atoms with Crippen molar-refractivity contribution >= 4 is 5.97 Å². The van der Waals surface area contributed by atoms with Crippen LogP contribution in [0.1, 0.15) is 43.9 Å². The van der Waals surface area contributed by atoms with Crippen molar-refractivity contribution in [1.29, 1.82) is 0 Å². The zero-order valence-corrected chi connectivity index (χ0v) is 9.78. The van der Waals surface area contributed by atoms with Crippen molar-refractivity contribution in [1.82, 2.24) is 9.78 Å². The molecule has 4 nitrogen and oxygen atoms in total. The molecule has 0 aromatic carbocycles. The van der Waals surface area contributed by atoms with Gasteiger partial charge in [0.05, 0.1) is 11.8 Å². The predicted molar refractivity (Wildman–Crippen MR) is 57.8 cm³/mol. The van der Waals surface area contributed by atoms with E-state index in [9.17, 15) is 4.79 Å². The Labute approximate surface area is 90.2 Å². The van der Waals surface area contributed by atoms with Gasteiger partial charge in [0, 0.05) is 6.54 Å². The molecule has 0 spiro atoms. The van der Waals surface area contributed by atoms with E-state index in [1.54, 1.807) is 10.7 Å².